The maximum absolute atomic E-state index is 12.7. The second-order valence-corrected chi connectivity index (χ2v) is 7.53. The Balaban J connectivity index is 1.27. The van der Waals surface area contributed by atoms with Gasteiger partial charge in [-0.1, -0.05) is 12.1 Å². The van der Waals surface area contributed by atoms with Gasteiger partial charge in [0.05, 0.1) is 17.3 Å². The van der Waals surface area contributed by atoms with Crippen LogP contribution >= 0.6 is 0 Å². The van der Waals surface area contributed by atoms with Crippen LogP contribution in [-0.4, -0.2) is 81.0 Å². The summed E-state index contributed by atoms with van der Waals surface area (Å²) in [6, 6.07) is 6.75. The van der Waals surface area contributed by atoms with E-state index in [0.717, 1.165) is 0 Å². The van der Waals surface area contributed by atoms with Crippen molar-refractivity contribution in [2.75, 3.05) is 32.7 Å². The number of benzene rings is 1. The largest absolute Gasteiger partial charge is 0.341 e. The van der Waals surface area contributed by atoms with Crippen molar-refractivity contribution in [3.8, 4) is 0 Å². The normalized spacial score (nSPS) is 16.3. The SMILES string of the molecule is O=C(CCCN1C(=O)c2ccccc2C1=O)N1CCCN(C(=O)c2cnccn2)CC1. The summed E-state index contributed by atoms with van der Waals surface area (Å²) < 4.78 is 0. The number of imide groups is 1. The predicted octanol–water partition coefficient (Wildman–Crippen LogP) is 1.23. The van der Waals surface area contributed by atoms with Crippen LogP contribution in [-0.2, 0) is 4.79 Å². The minimum Gasteiger partial charge on any atom is -0.341 e. The summed E-state index contributed by atoms with van der Waals surface area (Å²) in [6.07, 6.45) is 5.76. The van der Waals surface area contributed by atoms with Crippen molar-refractivity contribution >= 4 is 23.6 Å². The van der Waals surface area contributed by atoms with E-state index in [1.165, 1.54) is 23.5 Å². The molecule has 4 rings (SSSR count). The summed E-state index contributed by atoms with van der Waals surface area (Å²) in [5, 5.41) is 0. The molecule has 0 radical (unpaired) electrons. The Kier molecular flexibility index (Phi) is 6.01. The number of carbonyl (C=O) groups excluding carboxylic acids is 4. The molecule has 0 bridgehead atoms. The van der Waals surface area contributed by atoms with Crippen molar-refractivity contribution in [1.82, 2.24) is 24.7 Å². The summed E-state index contributed by atoms with van der Waals surface area (Å²) in [7, 11) is 0. The molecule has 3 heterocycles. The summed E-state index contributed by atoms with van der Waals surface area (Å²) >= 11 is 0. The van der Waals surface area contributed by atoms with Gasteiger partial charge in [0.2, 0.25) is 5.91 Å². The highest BCUT2D eigenvalue weighted by Crippen LogP contribution is 2.22. The molecule has 2 aromatic rings. The molecule has 1 aromatic carbocycles. The van der Waals surface area contributed by atoms with E-state index in [4.69, 9.17) is 0 Å². The number of rotatable bonds is 5. The van der Waals surface area contributed by atoms with Crippen molar-refractivity contribution < 1.29 is 19.2 Å². The third-order valence-electron chi connectivity index (χ3n) is 5.57. The van der Waals surface area contributed by atoms with Gasteiger partial charge >= 0.3 is 0 Å². The van der Waals surface area contributed by atoms with Gasteiger partial charge in [-0.05, 0) is 25.0 Å². The van der Waals surface area contributed by atoms with Crippen molar-refractivity contribution in [3.05, 3.63) is 59.7 Å². The van der Waals surface area contributed by atoms with E-state index in [2.05, 4.69) is 9.97 Å². The zero-order valence-electron chi connectivity index (χ0n) is 17.1. The summed E-state index contributed by atoms with van der Waals surface area (Å²) in [5.74, 6) is -0.833. The maximum Gasteiger partial charge on any atom is 0.274 e. The van der Waals surface area contributed by atoms with Crippen LogP contribution in [0.5, 0.6) is 0 Å². The molecular weight excluding hydrogens is 398 g/mol. The summed E-state index contributed by atoms with van der Waals surface area (Å²) in [5.41, 5.74) is 1.13. The summed E-state index contributed by atoms with van der Waals surface area (Å²) in [6.45, 7) is 2.20. The monoisotopic (exact) mass is 421 g/mol. The Morgan fingerprint density at radius 3 is 2.26 bits per heavy atom. The number of fused-ring (bicyclic) bond motifs is 1. The van der Waals surface area contributed by atoms with E-state index in [-0.39, 0.29) is 36.6 Å². The van der Waals surface area contributed by atoms with Crippen LogP contribution in [0.2, 0.25) is 0 Å². The highest BCUT2D eigenvalue weighted by molar-refractivity contribution is 6.21. The lowest BCUT2D eigenvalue weighted by atomic mass is 10.1. The Morgan fingerprint density at radius 2 is 1.58 bits per heavy atom. The van der Waals surface area contributed by atoms with Crippen molar-refractivity contribution in [3.63, 3.8) is 0 Å². The fraction of sp³-hybridized carbons (Fsp3) is 0.364. The van der Waals surface area contributed by atoms with E-state index in [1.807, 2.05) is 0 Å². The molecule has 1 saturated heterocycles. The van der Waals surface area contributed by atoms with Crippen molar-refractivity contribution in [2.45, 2.75) is 19.3 Å². The molecule has 2 aliphatic rings. The molecule has 2 aliphatic heterocycles. The molecule has 1 fully saturated rings. The van der Waals surface area contributed by atoms with E-state index < -0.39 is 0 Å². The minimum absolute atomic E-state index is 0.0367. The second kappa shape index (κ2) is 9.03. The third-order valence-corrected chi connectivity index (χ3v) is 5.57. The van der Waals surface area contributed by atoms with Crippen LogP contribution < -0.4 is 0 Å². The van der Waals surface area contributed by atoms with Crippen LogP contribution in [0.1, 0.15) is 50.5 Å². The second-order valence-electron chi connectivity index (χ2n) is 7.53. The van der Waals surface area contributed by atoms with Crippen LogP contribution in [0, 0.1) is 0 Å². The topological polar surface area (TPSA) is 104 Å². The van der Waals surface area contributed by atoms with E-state index in [0.29, 0.717) is 55.8 Å². The number of aromatic nitrogens is 2. The predicted molar refractivity (Wildman–Crippen MR) is 110 cm³/mol. The minimum atomic E-state index is -0.305. The van der Waals surface area contributed by atoms with Gasteiger partial charge in [-0.25, -0.2) is 4.98 Å². The fourth-order valence-electron chi connectivity index (χ4n) is 3.93. The van der Waals surface area contributed by atoms with E-state index >= 15 is 0 Å². The molecular formula is C22H23N5O4. The van der Waals surface area contributed by atoms with Crippen molar-refractivity contribution in [2.24, 2.45) is 0 Å². The Bertz CT molecular complexity index is 975. The van der Waals surface area contributed by atoms with E-state index in [9.17, 15) is 19.2 Å². The number of amides is 4. The Labute approximate surface area is 179 Å². The molecule has 1 aromatic heterocycles. The van der Waals surface area contributed by atoms with Gasteiger partial charge in [-0.2, -0.15) is 0 Å². The van der Waals surface area contributed by atoms with Crippen molar-refractivity contribution in [1.29, 1.82) is 0 Å². The van der Waals surface area contributed by atoms with Crippen LogP contribution in [0.25, 0.3) is 0 Å². The molecule has 9 heteroatoms. The van der Waals surface area contributed by atoms with Crippen LogP contribution in [0.15, 0.2) is 42.9 Å². The molecule has 0 unspecified atom stereocenters. The fourth-order valence-corrected chi connectivity index (χ4v) is 3.93. The van der Waals surface area contributed by atoms with Gasteiger partial charge in [-0.15, -0.1) is 0 Å². The molecule has 0 saturated carbocycles. The number of carbonyl (C=O) groups is 4. The first-order valence-corrected chi connectivity index (χ1v) is 10.3. The zero-order valence-corrected chi connectivity index (χ0v) is 17.1. The molecule has 0 atom stereocenters. The highest BCUT2D eigenvalue weighted by atomic mass is 16.2. The number of hydrogen-bond acceptors (Lipinski definition) is 6. The number of nitrogens with zero attached hydrogens (tertiary/aromatic N) is 5. The average molecular weight is 421 g/mol. The summed E-state index contributed by atoms with van der Waals surface area (Å²) in [4.78, 5) is 62.7. The third kappa shape index (κ3) is 4.30. The van der Waals surface area contributed by atoms with Gasteiger partial charge in [0.15, 0.2) is 0 Å². The first kappa shape index (κ1) is 20.6. The van der Waals surface area contributed by atoms with Gasteiger partial charge in [-0.3, -0.25) is 29.1 Å². The van der Waals surface area contributed by atoms with E-state index in [1.54, 1.807) is 34.1 Å². The molecule has 31 heavy (non-hydrogen) atoms. The molecule has 160 valence electrons. The first-order chi connectivity index (χ1) is 15.1. The Hall–Kier alpha value is -3.62. The van der Waals surface area contributed by atoms with Gasteiger partial charge in [0.25, 0.3) is 17.7 Å². The van der Waals surface area contributed by atoms with Crippen LogP contribution in [0.4, 0.5) is 0 Å². The smallest absolute Gasteiger partial charge is 0.274 e. The first-order valence-electron chi connectivity index (χ1n) is 10.3. The molecule has 0 aliphatic carbocycles. The Morgan fingerprint density at radius 1 is 0.903 bits per heavy atom. The lowest BCUT2D eigenvalue weighted by Gasteiger charge is -2.22. The van der Waals surface area contributed by atoms with Crippen LogP contribution in [0.3, 0.4) is 0 Å². The molecule has 0 spiro atoms. The van der Waals surface area contributed by atoms with Gasteiger partial charge < -0.3 is 9.80 Å². The highest BCUT2D eigenvalue weighted by Gasteiger charge is 2.34. The molecule has 4 amide bonds. The van der Waals surface area contributed by atoms with Gasteiger partial charge in [0.1, 0.15) is 5.69 Å². The number of hydrogen-bond donors (Lipinski definition) is 0. The molecule has 0 N–H and O–H groups in total. The lowest BCUT2D eigenvalue weighted by Crippen LogP contribution is -2.38. The average Bonchev–Trinajstić information content (AvgIpc) is 2.97. The zero-order chi connectivity index (χ0) is 21.8. The van der Waals surface area contributed by atoms with Gasteiger partial charge in [0, 0.05) is 51.5 Å². The standard InChI is InChI=1S/C22H23N5O4/c28-19(7-3-12-27-20(29)16-5-1-2-6-17(16)21(27)30)25-10-4-11-26(14-13-25)22(31)18-15-23-8-9-24-18/h1-2,5-6,8-9,15H,3-4,7,10-14H2. The maximum atomic E-state index is 12.7. The molecule has 9 nitrogen and oxygen atoms in total. The lowest BCUT2D eigenvalue weighted by molar-refractivity contribution is -0.131. The quantitative estimate of drug-likeness (QED) is 0.673.